The van der Waals surface area contributed by atoms with Gasteiger partial charge in [-0.25, -0.2) is 0 Å². The first-order chi connectivity index (χ1) is 13.4. The molecule has 1 N–H and O–H groups in total. The van der Waals surface area contributed by atoms with Crippen molar-refractivity contribution in [3.05, 3.63) is 82.6 Å². The zero-order valence-corrected chi connectivity index (χ0v) is 18.0. The third kappa shape index (κ3) is 5.29. The van der Waals surface area contributed by atoms with Crippen molar-refractivity contribution in [2.45, 2.75) is 33.1 Å². The minimum atomic E-state index is -0.181. The summed E-state index contributed by atoms with van der Waals surface area (Å²) in [7, 11) is 0. The molecule has 3 nitrogen and oxygen atoms in total. The Labute approximate surface area is 175 Å². The molecule has 0 spiro atoms. The van der Waals surface area contributed by atoms with Crippen molar-refractivity contribution in [1.82, 2.24) is 4.98 Å². The molecule has 1 atom stereocenters. The van der Waals surface area contributed by atoms with Gasteiger partial charge in [0.2, 0.25) is 5.91 Å². The molecular weight excluding hydrogens is 412 g/mol. The highest BCUT2D eigenvalue weighted by molar-refractivity contribution is 9.10. The number of nitrogens with one attached hydrogen (secondary N) is 1. The molecule has 0 saturated carbocycles. The van der Waals surface area contributed by atoms with Crippen molar-refractivity contribution < 1.29 is 4.79 Å². The largest absolute Gasteiger partial charge is 0.326 e. The van der Waals surface area contributed by atoms with Gasteiger partial charge in [0.25, 0.3) is 0 Å². The van der Waals surface area contributed by atoms with Crippen LogP contribution >= 0.6 is 15.9 Å². The number of carbonyl (C=O) groups is 1. The lowest BCUT2D eigenvalue weighted by atomic mass is 9.89. The van der Waals surface area contributed by atoms with Gasteiger partial charge in [0.1, 0.15) is 0 Å². The van der Waals surface area contributed by atoms with Crippen molar-refractivity contribution in [2.75, 3.05) is 5.32 Å². The minimum Gasteiger partial charge on any atom is -0.326 e. The molecule has 0 aliphatic heterocycles. The Morgan fingerprint density at radius 2 is 1.79 bits per heavy atom. The van der Waals surface area contributed by atoms with E-state index in [1.54, 1.807) is 0 Å². The van der Waals surface area contributed by atoms with Crippen molar-refractivity contribution in [2.24, 2.45) is 5.92 Å². The first-order valence-corrected chi connectivity index (χ1v) is 10.3. The second kappa shape index (κ2) is 9.16. The summed E-state index contributed by atoms with van der Waals surface area (Å²) in [4.78, 5) is 17.3. The van der Waals surface area contributed by atoms with Gasteiger partial charge in [0, 0.05) is 22.1 Å². The Kier molecular flexibility index (Phi) is 6.63. The zero-order valence-electron chi connectivity index (χ0n) is 16.4. The van der Waals surface area contributed by atoms with Gasteiger partial charge in [0.15, 0.2) is 0 Å². The van der Waals surface area contributed by atoms with E-state index in [0.29, 0.717) is 5.92 Å². The Morgan fingerprint density at radius 1 is 1.04 bits per heavy atom. The number of hydrogen-bond donors (Lipinski definition) is 1. The molecule has 1 heterocycles. The summed E-state index contributed by atoms with van der Waals surface area (Å²) >= 11 is 3.51. The molecule has 1 aromatic heterocycles. The summed E-state index contributed by atoms with van der Waals surface area (Å²) in [5.41, 5.74) is 5.06. The van der Waals surface area contributed by atoms with Crippen LogP contribution in [0.1, 0.15) is 37.4 Å². The second-order valence-electron chi connectivity index (χ2n) is 7.49. The average Bonchev–Trinajstić information content (AvgIpc) is 2.66. The lowest BCUT2D eigenvalue weighted by Crippen LogP contribution is -2.22. The van der Waals surface area contributed by atoms with E-state index in [4.69, 9.17) is 0 Å². The fourth-order valence-corrected chi connectivity index (χ4v) is 3.71. The monoisotopic (exact) mass is 436 g/mol. The zero-order chi connectivity index (χ0) is 20.1. The van der Waals surface area contributed by atoms with Crippen LogP contribution in [0.3, 0.4) is 0 Å². The highest BCUT2D eigenvalue weighted by atomic mass is 79.9. The van der Waals surface area contributed by atoms with Crippen molar-refractivity contribution >= 4 is 27.5 Å². The normalized spacial score (nSPS) is 12.0. The molecule has 0 fully saturated rings. The number of aromatic nitrogens is 1. The number of aryl methyl sites for hydroxylation is 1. The third-order valence-electron chi connectivity index (χ3n) is 4.66. The molecular formula is C24H25BrN2O. The number of carbonyl (C=O) groups excluding carboxylic acids is 1. The summed E-state index contributed by atoms with van der Waals surface area (Å²) < 4.78 is 0.989. The van der Waals surface area contributed by atoms with Crippen LogP contribution in [0, 0.1) is 12.8 Å². The van der Waals surface area contributed by atoms with Crippen LogP contribution in [0.25, 0.3) is 11.1 Å². The molecule has 0 unspecified atom stereocenters. The van der Waals surface area contributed by atoms with Gasteiger partial charge in [0.05, 0.1) is 5.92 Å². The molecule has 144 valence electrons. The topological polar surface area (TPSA) is 42.0 Å². The van der Waals surface area contributed by atoms with Gasteiger partial charge in [-0.3, -0.25) is 9.78 Å². The van der Waals surface area contributed by atoms with Gasteiger partial charge < -0.3 is 5.32 Å². The summed E-state index contributed by atoms with van der Waals surface area (Å²) in [6, 6.07) is 20.0. The van der Waals surface area contributed by atoms with Crippen LogP contribution < -0.4 is 5.32 Å². The first-order valence-electron chi connectivity index (χ1n) is 9.52. The number of hydrogen-bond acceptors (Lipinski definition) is 2. The van der Waals surface area contributed by atoms with E-state index >= 15 is 0 Å². The fourth-order valence-electron chi connectivity index (χ4n) is 3.29. The van der Waals surface area contributed by atoms with Crippen LogP contribution in [-0.4, -0.2) is 10.9 Å². The maximum atomic E-state index is 13.0. The Bertz CT molecular complexity index is 951. The standard InChI is InChI=1S/C24H25BrN2O/c1-16(2)13-23(20-5-4-6-21(25)15-20)24(28)27-22-9-7-18(8-10-22)19-11-12-26-17(3)14-19/h4-12,14-16,23H,13H2,1-3H3,(H,27,28)/t23-/m0/s1. The maximum Gasteiger partial charge on any atom is 0.231 e. The molecule has 0 bridgehead atoms. The predicted molar refractivity (Wildman–Crippen MR) is 119 cm³/mol. The number of pyridine rings is 1. The fraction of sp³-hybridized carbons (Fsp3) is 0.250. The SMILES string of the molecule is Cc1cc(-c2ccc(NC(=O)[C@@H](CC(C)C)c3cccc(Br)c3)cc2)ccn1. The number of amides is 1. The Balaban J connectivity index is 1.77. The Hall–Kier alpha value is -2.46. The van der Waals surface area contributed by atoms with Crippen LogP contribution in [0.5, 0.6) is 0 Å². The third-order valence-corrected chi connectivity index (χ3v) is 5.15. The lowest BCUT2D eigenvalue weighted by Gasteiger charge is -2.19. The predicted octanol–water partition coefficient (Wildman–Crippen LogP) is 6.59. The van der Waals surface area contributed by atoms with Crippen LogP contribution in [0.15, 0.2) is 71.3 Å². The number of rotatable bonds is 6. The van der Waals surface area contributed by atoms with E-state index in [0.717, 1.165) is 39.0 Å². The molecule has 0 aliphatic rings. The van der Waals surface area contributed by atoms with E-state index in [-0.39, 0.29) is 11.8 Å². The van der Waals surface area contributed by atoms with Gasteiger partial charge in [-0.15, -0.1) is 0 Å². The van der Waals surface area contributed by atoms with E-state index in [1.807, 2.05) is 67.7 Å². The van der Waals surface area contributed by atoms with Gasteiger partial charge >= 0.3 is 0 Å². The molecule has 2 aromatic carbocycles. The quantitative estimate of drug-likeness (QED) is 0.473. The first kappa shape index (κ1) is 20.3. The van der Waals surface area contributed by atoms with Crippen LogP contribution in [0.2, 0.25) is 0 Å². The lowest BCUT2D eigenvalue weighted by molar-refractivity contribution is -0.117. The highest BCUT2D eigenvalue weighted by Crippen LogP contribution is 2.28. The smallest absolute Gasteiger partial charge is 0.231 e. The molecule has 28 heavy (non-hydrogen) atoms. The number of nitrogens with zero attached hydrogens (tertiary/aromatic N) is 1. The summed E-state index contributed by atoms with van der Waals surface area (Å²) in [6.07, 6.45) is 2.62. The number of anilines is 1. The Morgan fingerprint density at radius 3 is 2.43 bits per heavy atom. The highest BCUT2D eigenvalue weighted by Gasteiger charge is 2.22. The van der Waals surface area contributed by atoms with E-state index in [9.17, 15) is 4.79 Å². The van der Waals surface area contributed by atoms with Crippen molar-refractivity contribution in [1.29, 1.82) is 0 Å². The molecule has 4 heteroatoms. The molecule has 3 rings (SSSR count). The van der Waals surface area contributed by atoms with Gasteiger partial charge in [-0.05, 0) is 72.4 Å². The van der Waals surface area contributed by atoms with Crippen molar-refractivity contribution in [3.8, 4) is 11.1 Å². The molecule has 0 radical (unpaired) electrons. The molecule has 0 saturated heterocycles. The van der Waals surface area contributed by atoms with Gasteiger partial charge in [-0.1, -0.05) is 54.0 Å². The van der Waals surface area contributed by atoms with Crippen molar-refractivity contribution in [3.63, 3.8) is 0 Å². The number of benzene rings is 2. The van der Waals surface area contributed by atoms with E-state index < -0.39 is 0 Å². The summed E-state index contributed by atoms with van der Waals surface area (Å²) in [5, 5.41) is 3.09. The van der Waals surface area contributed by atoms with E-state index in [2.05, 4.69) is 46.1 Å². The van der Waals surface area contributed by atoms with E-state index in [1.165, 1.54) is 0 Å². The summed E-state index contributed by atoms with van der Waals surface area (Å²) in [6.45, 7) is 6.27. The summed E-state index contributed by atoms with van der Waals surface area (Å²) in [5.74, 6) is 0.270. The molecule has 0 aliphatic carbocycles. The molecule has 3 aromatic rings. The number of halogens is 1. The molecule has 1 amide bonds. The van der Waals surface area contributed by atoms with Crippen LogP contribution in [-0.2, 0) is 4.79 Å². The second-order valence-corrected chi connectivity index (χ2v) is 8.41. The van der Waals surface area contributed by atoms with Gasteiger partial charge in [-0.2, -0.15) is 0 Å². The van der Waals surface area contributed by atoms with Crippen LogP contribution in [0.4, 0.5) is 5.69 Å². The average molecular weight is 437 g/mol. The maximum absolute atomic E-state index is 13.0. The minimum absolute atomic E-state index is 0.0271.